The van der Waals surface area contributed by atoms with Crippen molar-refractivity contribution < 1.29 is 4.79 Å². The van der Waals surface area contributed by atoms with Crippen molar-refractivity contribution in [3.8, 4) is 0 Å². The van der Waals surface area contributed by atoms with Crippen molar-refractivity contribution in [2.45, 2.75) is 6.54 Å². The molecule has 2 amide bonds. The summed E-state index contributed by atoms with van der Waals surface area (Å²) >= 11 is 1.35. The highest BCUT2D eigenvalue weighted by Crippen LogP contribution is 2.23. The molecule has 0 radical (unpaired) electrons. The van der Waals surface area contributed by atoms with E-state index in [1.54, 1.807) is 6.20 Å². The predicted molar refractivity (Wildman–Crippen MR) is 79.7 cm³/mol. The van der Waals surface area contributed by atoms with Crippen LogP contribution in [0.4, 0.5) is 9.93 Å². The zero-order valence-electron chi connectivity index (χ0n) is 10.5. The highest BCUT2D eigenvalue weighted by atomic mass is 32.1. The van der Waals surface area contributed by atoms with Gasteiger partial charge >= 0.3 is 6.03 Å². The molecule has 5 nitrogen and oxygen atoms in total. The van der Waals surface area contributed by atoms with E-state index in [0.29, 0.717) is 11.7 Å². The molecule has 0 atom stereocenters. The first kappa shape index (κ1) is 12.6. The van der Waals surface area contributed by atoms with Crippen molar-refractivity contribution in [3.05, 3.63) is 54.2 Å². The largest absolute Gasteiger partial charge is 0.334 e. The normalized spacial score (nSPS) is 10.4. The first-order chi connectivity index (χ1) is 9.81. The number of carbonyl (C=O) groups excluding carboxylic acids is 1. The molecular formula is C14H12N4OS. The number of urea groups is 1. The SMILES string of the molecule is O=C(NCc1ccccc1)Nc1nc2cccnc2s1. The van der Waals surface area contributed by atoms with Crippen LogP contribution >= 0.6 is 11.3 Å². The standard InChI is InChI=1S/C14H12N4OS/c19-13(16-9-10-5-2-1-3-6-10)18-14-17-11-7-4-8-15-12(11)20-14/h1-8H,9H2,(H2,16,17,18,19). The van der Waals surface area contributed by atoms with Gasteiger partial charge in [-0.05, 0) is 17.7 Å². The number of anilines is 1. The van der Waals surface area contributed by atoms with Gasteiger partial charge in [-0.1, -0.05) is 41.7 Å². The molecule has 2 aromatic heterocycles. The fraction of sp³-hybridized carbons (Fsp3) is 0.0714. The number of aromatic nitrogens is 2. The van der Waals surface area contributed by atoms with Gasteiger partial charge in [-0.25, -0.2) is 14.8 Å². The molecular weight excluding hydrogens is 272 g/mol. The first-order valence-corrected chi connectivity index (χ1v) is 6.93. The summed E-state index contributed by atoms with van der Waals surface area (Å²) in [6.07, 6.45) is 1.71. The van der Waals surface area contributed by atoms with Crippen molar-refractivity contribution in [3.63, 3.8) is 0 Å². The third-order valence-electron chi connectivity index (χ3n) is 2.68. The van der Waals surface area contributed by atoms with Crippen LogP contribution in [-0.4, -0.2) is 16.0 Å². The number of pyridine rings is 1. The van der Waals surface area contributed by atoms with Crippen LogP contribution in [0.5, 0.6) is 0 Å². The van der Waals surface area contributed by atoms with E-state index in [2.05, 4.69) is 20.6 Å². The van der Waals surface area contributed by atoms with Crippen LogP contribution in [0.2, 0.25) is 0 Å². The second-order valence-electron chi connectivity index (χ2n) is 4.14. The molecule has 1 aromatic carbocycles. The Morgan fingerprint density at radius 2 is 2.00 bits per heavy atom. The Labute approximate surface area is 119 Å². The summed E-state index contributed by atoms with van der Waals surface area (Å²) in [5, 5.41) is 6.05. The van der Waals surface area contributed by atoms with E-state index in [1.165, 1.54) is 11.3 Å². The molecule has 0 aliphatic rings. The Balaban J connectivity index is 1.61. The molecule has 0 spiro atoms. The average molecular weight is 284 g/mol. The molecule has 0 unspecified atom stereocenters. The molecule has 2 N–H and O–H groups in total. The van der Waals surface area contributed by atoms with Gasteiger partial charge in [-0.3, -0.25) is 5.32 Å². The summed E-state index contributed by atoms with van der Waals surface area (Å²) in [5.74, 6) is 0. The summed E-state index contributed by atoms with van der Waals surface area (Å²) in [5.41, 5.74) is 1.84. The van der Waals surface area contributed by atoms with Gasteiger partial charge in [0.15, 0.2) is 5.13 Å². The topological polar surface area (TPSA) is 66.9 Å². The van der Waals surface area contributed by atoms with Gasteiger partial charge in [0, 0.05) is 12.7 Å². The lowest BCUT2D eigenvalue weighted by atomic mass is 10.2. The number of nitrogens with zero attached hydrogens (tertiary/aromatic N) is 2. The third-order valence-corrected chi connectivity index (χ3v) is 3.58. The lowest BCUT2D eigenvalue weighted by Gasteiger charge is -2.04. The van der Waals surface area contributed by atoms with Crippen LogP contribution in [0.3, 0.4) is 0 Å². The number of thiazole rings is 1. The van der Waals surface area contributed by atoms with Gasteiger partial charge in [0.1, 0.15) is 10.3 Å². The number of hydrogen-bond donors (Lipinski definition) is 2. The summed E-state index contributed by atoms with van der Waals surface area (Å²) < 4.78 is 0. The fourth-order valence-electron chi connectivity index (χ4n) is 1.74. The van der Waals surface area contributed by atoms with E-state index in [1.807, 2.05) is 42.5 Å². The molecule has 6 heteroatoms. The summed E-state index contributed by atoms with van der Waals surface area (Å²) in [7, 11) is 0. The van der Waals surface area contributed by atoms with Crippen molar-refractivity contribution in [2.24, 2.45) is 0 Å². The van der Waals surface area contributed by atoms with Crippen LogP contribution in [0.25, 0.3) is 10.3 Å². The first-order valence-electron chi connectivity index (χ1n) is 6.11. The molecule has 3 rings (SSSR count). The van der Waals surface area contributed by atoms with Gasteiger partial charge in [0.05, 0.1) is 0 Å². The number of rotatable bonds is 3. The van der Waals surface area contributed by atoms with E-state index in [0.717, 1.165) is 15.9 Å². The molecule has 0 saturated heterocycles. The minimum absolute atomic E-state index is 0.270. The number of hydrogen-bond acceptors (Lipinski definition) is 4. The Morgan fingerprint density at radius 1 is 1.15 bits per heavy atom. The van der Waals surface area contributed by atoms with E-state index in [9.17, 15) is 4.79 Å². The lowest BCUT2D eigenvalue weighted by molar-refractivity contribution is 0.251. The van der Waals surface area contributed by atoms with E-state index < -0.39 is 0 Å². The van der Waals surface area contributed by atoms with Gasteiger partial charge < -0.3 is 5.32 Å². The molecule has 0 aliphatic heterocycles. The van der Waals surface area contributed by atoms with Crippen molar-refractivity contribution in [1.82, 2.24) is 15.3 Å². The van der Waals surface area contributed by atoms with Crippen LogP contribution in [0.15, 0.2) is 48.7 Å². The molecule has 20 heavy (non-hydrogen) atoms. The molecule has 2 heterocycles. The number of nitrogens with one attached hydrogen (secondary N) is 2. The Bertz CT molecular complexity index is 693. The molecule has 3 aromatic rings. The fourth-order valence-corrected chi connectivity index (χ4v) is 2.55. The minimum Gasteiger partial charge on any atom is -0.334 e. The lowest BCUT2D eigenvalue weighted by Crippen LogP contribution is -2.28. The molecule has 0 bridgehead atoms. The van der Waals surface area contributed by atoms with Crippen molar-refractivity contribution in [2.75, 3.05) is 5.32 Å². The molecule has 0 fully saturated rings. The zero-order chi connectivity index (χ0) is 13.8. The quantitative estimate of drug-likeness (QED) is 0.777. The van der Waals surface area contributed by atoms with Gasteiger partial charge in [0.25, 0.3) is 0 Å². The predicted octanol–water partition coefficient (Wildman–Crippen LogP) is 3.01. The maximum Gasteiger partial charge on any atom is 0.321 e. The second-order valence-corrected chi connectivity index (χ2v) is 5.12. The highest BCUT2D eigenvalue weighted by Gasteiger charge is 2.07. The Hall–Kier alpha value is -2.47. The monoisotopic (exact) mass is 284 g/mol. The van der Waals surface area contributed by atoms with E-state index >= 15 is 0 Å². The zero-order valence-corrected chi connectivity index (χ0v) is 11.4. The maximum absolute atomic E-state index is 11.8. The van der Waals surface area contributed by atoms with Crippen LogP contribution in [-0.2, 0) is 6.54 Å². The summed E-state index contributed by atoms with van der Waals surface area (Å²) in [6, 6.07) is 13.2. The van der Waals surface area contributed by atoms with Gasteiger partial charge in [-0.15, -0.1) is 0 Å². The third kappa shape index (κ3) is 2.92. The molecule has 100 valence electrons. The average Bonchev–Trinajstić information content (AvgIpc) is 2.88. The Morgan fingerprint density at radius 3 is 2.80 bits per heavy atom. The smallest absolute Gasteiger partial charge is 0.321 e. The van der Waals surface area contributed by atoms with Crippen LogP contribution in [0.1, 0.15) is 5.56 Å². The van der Waals surface area contributed by atoms with Crippen molar-refractivity contribution in [1.29, 1.82) is 0 Å². The van der Waals surface area contributed by atoms with E-state index in [-0.39, 0.29) is 6.03 Å². The van der Waals surface area contributed by atoms with Gasteiger partial charge in [0.2, 0.25) is 0 Å². The number of fused-ring (bicyclic) bond motifs is 1. The van der Waals surface area contributed by atoms with E-state index in [4.69, 9.17) is 0 Å². The minimum atomic E-state index is -0.270. The number of carbonyl (C=O) groups is 1. The molecule has 0 aliphatic carbocycles. The highest BCUT2D eigenvalue weighted by molar-refractivity contribution is 7.21. The van der Waals surface area contributed by atoms with Crippen molar-refractivity contribution >= 4 is 32.8 Å². The summed E-state index contributed by atoms with van der Waals surface area (Å²) in [4.78, 5) is 21.1. The number of amides is 2. The maximum atomic E-state index is 11.8. The van der Waals surface area contributed by atoms with Gasteiger partial charge in [-0.2, -0.15) is 0 Å². The Kier molecular flexibility index (Phi) is 3.56. The van der Waals surface area contributed by atoms with Crippen LogP contribution in [0, 0.1) is 0 Å². The molecule has 0 saturated carbocycles. The summed E-state index contributed by atoms with van der Waals surface area (Å²) in [6.45, 7) is 0.482. The van der Waals surface area contributed by atoms with Crippen LogP contribution < -0.4 is 10.6 Å². The second kappa shape index (κ2) is 5.66. The number of benzene rings is 1.